The van der Waals surface area contributed by atoms with E-state index in [0.29, 0.717) is 18.9 Å². The first-order valence-corrected chi connectivity index (χ1v) is 10.9. The quantitative estimate of drug-likeness (QED) is 0.597. The van der Waals surface area contributed by atoms with Crippen molar-refractivity contribution < 1.29 is 14.3 Å². The Labute approximate surface area is 171 Å². The van der Waals surface area contributed by atoms with E-state index in [1.165, 1.54) is 11.8 Å². The molecule has 0 saturated heterocycles. The van der Waals surface area contributed by atoms with Gasteiger partial charge in [-0.05, 0) is 30.5 Å². The molecule has 7 nitrogen and oxygen atoms in total. The molecule has 1 aromatic carbocycles. The highest BCUT2D eigenvalue weighted by Crippen LogP contribution is 2.30. The van der Waals surface area contributed by atoms with Crippen molar-refractivity contribution >= 4 is 29.0 Å². The van der Waals surface area contributed by atoms with Gasteiger partial charge in [0, 0.05) is 6.54 Å². The van der Waals surface area contributed by atoms with Crippen molar-refractivity contribution in [1.82, 2.24) is 20.1 Å². The number of fused-ring (bicyclic) bond motifs is 1. The maximum atomic E-state index is 12.3. The molecular formula is C19H20N4O3S2. The van der Waals surface area contributed by atoms with E-state index in [0.717, 1.165) is 28.2 Å². The minimum atomic E-state index is -0.200. The lowest BCUT2D eigenvalue weighted by Crippen LogP contribution is -2.41. The molecule has 146 valence electrons. The largest absolute Gasteiger partial charge is 0.486 e. The van der Waals surface area contributed by atoms with Crippen LogP contribution in [0.15, 0.2) is 46.9 Å². The van der Waals surface area contributed by atoms with E-state index in [2.05, 4.69) is 15.5 Å². The highest BCUT2D eigenvalue weighted by molar-refractivity contribution is 7.99. The summed E-state index contributed by atoms with van der Waals surface area (Å²) in [6.07, 6.45) is -0.200. The average molecular weight is 417 g/mol. The second kappa shape index (κ2) is 8.66. The van der Waals surface area contributed by atoms with E-state index in [1.54, 1.807) is 11.3 Å². The summed E-state index contributed by atoms with van der Waals surface area (Å²) in [5, 5.41) is 14.2. The lowest BCUT2D eigenvalue weighted by Gasteiger charge is -2.26. The van der Waals surface area contributed by atoms with Gasteiger partial charge in [0.15, 0.2) is 22.5 Å². The summed E-state index contributed by atoms with van der Waals surface area (Å²) in [5.74, 6) is 2.48. The van der Waals surface area contributed by atoms with Gasteiger partial charge in [0.25, 0.3) is 0 Å². The first-order valence-electron chi connectivity index (χ1n) is 8.99. The highest BCUT2D eigenvalue weighted by Gasteiger charge is 2.21. The Morgan fingerprint density at radius 1 is 1.29 bits per heavy atom. The van der Waals surface area contributed by atoms with Crippen LogP contribution in [0.25, 0.3) is 10.7 Å². The Balaban J connectivity index is 1.28. The summed E-state index contributed by atoms with van der Waals surface area (Å²) >= 11 is 3.01. The number of benzene rings is 1. The number of rotatable bonds is 7. The number of carbonyl (C=O) groups excluding carboxylic acids is 1. The Morgan fingerprint density at radius 3 is 2.93 bits per heavy atom. The number of amides is 1. The number of aromatic nitrogens is 3. The number of thioether (sulfide) groups is 1. The van der Waals surface area contributed by atoms with E-state index in [9.17, 15) is 4.79 Å². The maximum absolute atomic E-state index is 12.3. The molecule has 3 heterocycles. The maximum Gasteiger partial charge on any atom is 0.230 e. The molecule has 1 atom stereocenters. The Morgan fingerprint density at radius 2 is 2.14 bits per heavy atom. The average Bonchev–Trinajstić information content (AvgIpc) is 3.39. The molecule has 3 aromatic rings. The third-order valence-corrected chi connectivity index (χ3v) is 6.03. The normalized spacial score (nSPS) is 15.4. The minimum Gasteiger partial charge on any atom is -0.486 e. The van der Waals surface area contributed by atoms with Crippen molar-refractivity contribution in [3.05, 3.63) is 41.8 Å². The molecule has 0 aliphatic carbocycles. The Hall–Kier alpha value is -2.52. The van der Waals surface area contributed by atoms with E-state index in [1.807, 2.05) is 53.3 Å². The Kier molecular flexibility index (Phi) is 5.82. The van der Waals surface area contributed by atoms with Crippen molar-refractivity contribution in [1.29, 1.82) is 0 Å². The molecule has 4 rings (SSSR count). The summed E-state index contributed by atoms with van der Waals surface area (Å²) in [5.41, 5.74) is 0. The molecule has 1 N–H and O–H groups in total. The van der Waals surface area contributed by atoms with Crippen molar-refractivity contribution in [3.63, 3.8) is 0 Å². The molecule has 0 spiro atoms. The lowest BCUT2D eigenvalue weighted by molar-refractivity contribution is -0.119. The van der Waals surface area contributed by atoms with E-state index < -0.39 is 0 Å². The summed E-state index contributed by atoms with van der Waals surface area (Å²) in [4.78, 5) is 13.3. The van der Waals surface area contributed by atoms with Crippen molar-refractivity contribution in [2.75, 3.05) is 18.9 Å². The van der Waals surface area contributed by atoms with Gasteiger partial charge in [-0.25, -0.2) is 0 Å². The molecule has 1 amide bonds. The molecular weight excluding hydrogens is 396 g/mol. The number of nitrogens with one attached hydrogen (secondary N) is 1. The van der Waals surface area contributed by atoms with Crippen LogP contribution in [0.2, 0.25) is 0 Å². The predicted molar refractivity (Wildman–Crippen MR) is 109 cm³/mol. The number of hydrogen-bond donors (Lipinski definition) is 1. The van der Waals surface area contributed by atoms with Crippen LogP contribution in [0.4, 0.5) is 0 Å². The zero-order valence-corrected chi connectivity index (χ0v) is 17.0. The van der Waals surface area contributed by atoms with Gasteiger partial charge in [0.1, 0.15) is 12.7 Å². The van der Waals surface area contributed by atoms with Gasteiger partial charge in [-0.3, -0.25) is 4.79 Å². The summed E-state index contributed by atoms with van der Waals surface area (Å²) in [6.45, 7) is 3.60. The van der Waals surface area contributed by atoms with Crippen molar-refractivity contribution in [2.45, 2.75) is 24.7 Å². The minimum absolute atomic E-state index is 0.0733. The molecule has 0 fully saturated rings. The van der Waals surface area contributed by atoms with Crippen LogP contribution in [0.5, 0.6) is 11.5 Å². The molecule has 0 unspecified atom stereocenters. The second-order valence-corrected chi connectivity index (χ2v) is 8.01. The zero-order valence-electron chi connectivity index (χ0n) is 15.3. The summed E-state index contributed by atoms with van der Waals surface area (Å²) in [6, 6.07) is 11.5. The first-order chi connectivity index (χ1) is 13.7. The first kappa shape index (κ1) is 18.8. The molecule has 28 heavy (non-hydrogen) atoms. The van der Waals surface area contributed by atoms with E-state index in [-0.39, 0.29) is 17.8 Å². The van der Waals surface area contributed by atoms with Crippen LogP contribution in [-0.4, -0.2) is 45.7 Å². The van der Waals surface area contributed by atoms with Gasteiger partial charge in [-0.2, -0.15) is 0 Å². The standard InChI is InChI=1S/C19H20N4O3S2/c1-2-23-18(16-8-5-9-27-16)21-22-19(23)28-12-17(24)20-10-13-11-25-14-6-3-4-7-15(14)26-13/h3-9,13H,2,10-12H2,1H3,(H,20,24)/t13-/m1/s1. The highest BCUT2D eigenvalue weighted by atomic mass is 32.2. The third-order valence-electron chi connectivity index (χ3n) is 4.20. The van der Waals surface area contributed by atoms with Crippen LogP contribution in [0, 0.1) is 0 Å². The Bertz CT molecular complexity index is 943. The molecule has 9 heteroatoms. The number of para-hydroxylation sites is 2. The number of hydrogen-bond acceptors (Lipinski definition) is 7. The van der Waals surface area contributed by atoms with Gasteiger partial charge >= 0.3 is 0 Å². The molecule has 1 aliphatic heterocycles. The van der Waals surface area contributed by atoms with Gasteiger partial charge in [0.2, 0.25) is 5.91 Å². The second-order valence-electron chi connectivity index (χ2n) is 6.12. The van der Waals surface area contributed by atoms with E-state index >= 15 is 0 Å². The molecule has 0 saturated carbocycles. The van der Waals surface area contributed by atoms with Crippen molar-refractivity contribution in [3.8, 4) is 22.2 Å². The fraction of sp³-hybridized carbons (Fsp3) is 0.316. The zero-order chi connectivity index (χ0) is 19.3. The van der Waals surface area contributed by atoms with Gasteiger partial charge in [-0.15, -0.1) is 21.5 Å². The lowest BCUT2D eigenvalue weighted by atomic mass is 10.2. The van der Waals surface area contributed by atoms with Gasteiger partial charge in [-0.1, -0.05) is 30.0 Å². The fourth-order valence-electron chi connectivity index (χ4n) is 2.84. The predicted octanol–water partition coefficient (Wildman–Crippen LogP) is 3.07. The number of carbonyl (C=O) groups is 1. The number of nitrogens with zero attached hydrogens (tertiary/aromatic N) is 3. The number of ether oxygens (including phenoxy) is 2. The van der Waals surface area contributed by atoms with Gasteiger partial charge < -0.3 is 19.4 Å². The molecule has 2 aromatic heterocycles. The molecule has 0 bridgehead atoms. The smallest absolute Gasteiger partial charge is 0.230 e. The fourth-order valence-corrected chi connectivity index (χ4v) is 4.39. The van der Waals surface area contributed by atoms with Gasteiger partial charge in [0.05, 0.1) is 17.2 Å². The molecule has 0 radical (unpaired) electrons. The van der Waals surface area contributed by atoms with Crippen molar-refractivity contribution in [2.24, 2.45) is 0 Å². The van der Waals surface area contributed by atoms with Crippen LogP contribution in [0.3, 0.4) is 0 Å². The topological polar surface area (TPSA) is 78.3 Å². The summed E-state index contributed by atoms with van der Waals surface area (Å²) < 4.78 is 13.5. The van der Waals surface area contributed by atoms with Crippen LogP contribution < -0.4 is 14.8 Å². The summed E-state index contributed by atoms with van der Waals surface area (Å²) in [7, 11) is 0. The molecule has 1 aliphatic rings. The monoisotopic (exact) mass is 416 g/mol. The number of thiophene rings is 1. The SMILES string of the molecule is CCn1c(SCC(=O)NC[C@@H]2COc3ccccc3O2)nnc1-c1cccs1. The van der Waals surface area contributed by atoms with Crippen LogP contribution >= 0.6 is 23.1 Å². The third kappa shape index (κ3) is 4.15. The van der Waals surface area contributed by atoms with Crippen LogP contribution in [0.1, 0.15) is 6.92 Å². The van der Waals surface area contributed by atoms with Crippen LogP contribution in [-0.2, 0) is 11.3 Å². The van der Waals surface area contributed by atoms with E-state index in [4.69, 9.17) is 9.47 Å².